The lowest BCUT2D eigenvalue weighted by atomic mass is 10.2. The third kappa shape index (κ3) is 22.5. The van der Waals surface area contributed by atoms with Crippen molar-refractivity contribution in [2.75, 3.05) is 25.9 Å². The Hall–Kier alpha value is -5.00. The lowest BCUT2D eigenvalue weighted by molar-refractivity contribution is 0.0797. The number of ether oxygens (including phenoxy) is 3. The van der Waals surface area contributed by atoms with Crippen LogP contribution in [0.15, 0.2) is 177 Å². The van der Waals surface area contributed by atoms with E-state index in [1.54, 1.807) is 0 Å². The van der Waals surface area contributed by atoms with Crippen LogP contribution >= 0.6 is 59.4 Å². The fraction of sp³-hybridized carbons (Fsp3) is 0.300. The minimum absolute atomic E-state index is 0.338. The summed E-state index contributed by atoms with van der Waals surface area (Å²) in [6.45, 7) is 24.3. The van der Waals surface area contributed by atoms with Crippen molar-refractivity contribution in [3.05, 3.63) is 177 Å². The van der Waals surface area contributed by atoms with Gasteiger partial charge in [0.25, 0.3) is 0 Å². The molecule has 9 aromatic rings. The Bertz CT molecular complexity index is 3170. The van der Waals surface area contributed by atoms with Crippen molar-refractivity contribution in [3.63, 3.8) is 0 Å². The van der Waals surface area contributed by atoms with Crippen LogP contribution in [-0.2, 0) is 27.7 Å². The second-order valence-electron chi connectivity index (χ2n) is 22.2. The second kappa shape index (κ2) is 31.3. The standard InChI is InChI=1S/2C20H24BrN3OSi.C14H10BrN3.C6H15ClOSi/c1-26(2,3)14-13-25-15-24-20(17-7-5-4-6-8-17)22-19(23-24)16-9-11-18(21)12-10-16;1-26(2,3)14-13-25-15-24-20(17-9-11-18(21)12-10-17)22-19(23-24)16-7-5-4-6-8-16;15-12-8-6-11(7-9-12)14-16-13(17-18-14)10-4-2-1-3-5-10;1-9(2,3)5-4-8-6-7/h2*4-12H,13-15H2,1-3H3;1-9H,(H,16,17,18);4-6H2,1-3H3. The topological polar surface area (TPSA) is 131 Å². The predicted molar refractivity (Wildman–Crippen MR) is 345 cm³/mol. The molecule has 9 rings (SSSR count). The van der Waals surface area contributed by atoms with Crippen molar-refractivity contribution < 1.29 is 14.2 Å². The van der Waals surface area contributed by atoms with E-state index in [0.717, 1.165) is 102 Å². The first-order valence-electron chi connectivity index (χ1n) is 26.3. The number of nitrogens with zero attached hydrogens (tertiary/aromatic N) is 8. The summed E-state index contributed by atoms with van der Waals surface area (Å²) in [6.07, 6.45) is 0. The molecule has 0 spiro atoms. The number of aromatic amines is 1. The molecule has 0 bridgehead atoms. The molecule has 19 heteroatoms. The summed E-state index contributed by atoms with van der Waals surface area (Å²) in [5.41, 5.74) is 6.09. The molecule has 12 nitrogen and oxygen atoms in total. The smallest absolute Gasteiger partial charge is 0.181 e. The minimum atomic E-state index is -1.10. The monoisotopic (exact) mass is 1320 g/mol. The quantitative estimate of drug-likeness (QED) is 0.0450. The van der Waals surface area contributed by atoms with Crippen LogP contribution in [0.3, 0.4) is 0 Å². The Kier molecular flexibility index (Phi) is 25.0. The van der Waals surface area contributed by atoms with Gasteiger partial charge in [0.2, 0.25) is 0 Å². The third-order valence-electron chi connectivity index (χ3n) is 11.7. The van der Waals surface area contributed by atoms with Gasteiger partial charge in [-0.05, 0) is 54.5 Å². The Balaban J connectivity index is 0.000000180. The molecular weight excluding hydrogens is 1250 g/mol. The van der Waals surface area contributed by atoms with Crippen LogP contribution < -0.4 is 0 Å². The van der Waals surface area contributed by atoms with Crippen LogP contribution in [0.4, 0.5) is 0 Å². The van der Waals surface area contributed by atoms with E-state index < -0.39 is 24.2 Å². The molecule has 0 unspecified atom stereocenters. The summed E-state index contributed by atoms with van der Waals surface area (Å²) < 4.78 is 23.7. The van der Waals surface area contributed by atoms with Crippen molar-refractivity contribution in [1.82, 2.24) is 44.7 Å². The summed E-state index contributed by atoms with van der Waals surface area (Å²) in [5.74, 6) is 4.58. The maximum atomic E-state index is 5.92. The Labute approximate surface area is 500 Å². The first kappa shape index (κ1) is 63.2. The van der Waals surface area contributed by atoms with Crippen LogP contribution in [0.5, 0.6) is 0 Å². The number of aromatic nitrogens is 9. The van der Waals surface area contributed by atoms with E-state index in [-0.39, 0.29) is 0 Å². The molecule has 6 aromatic carbocycles. The number of hydrogen-bond donors (Lipinski definition) is 1. The Morgan fingerprint density at radius 1 is 0.405 bits per heavy atom. The molecule has 0 radical (unpaired) electrons. The molecule has 79 heavy (non-hydrogen) atoms. The minimum Gasteiger partial charge on any atom is -0.366 e. The number of halogens is 4. The van der Waals surface area contributed by atoms with Gasteiger partial charge in [-0.25, -0.2) is 24.3 Å². The fourth-order valence-corrected chi connectivity index (χ4v) is 10.3. The molecule has 0 saturated carbocycles. The van der Waals surface area contributed by atoms with E-state index >= 15 is 0 Å². The van der Waals surface area contributed by atoms with Gasteiger partial charge in [-0.2, -0.15) is 5.10 Å². The van der Waals surface area contributed by atoms with Crippen LogP contribution in [0.1, 0.15) is 0 Å². The first-order chi connectivity index (χ1) is 37.7. The zero-order valence-corrected chi connectivity index (χ0v) is 55.3. The van der Waals surface area contributed by atoms with E-state index in [4.69, 9.17) is 46.0 Å². The molecule has 0 aliphatic carbocycles. The molecule has 416 valence electrons. The summed E-state index contributed by atoms with van der Waals surface area (Å²) in [6, 6.07) is 58.1. The molecule has 0 amide bonds. The molecule has 0 atom stereocenters. The molecule has 3 aromatic heterocycles. The predicted octanol–water partition coefficient (Wildman–Crippen LogP) is 17.8. The number of hydrogen-bond acceptors (Lipinski definition) is 9. The van der Waals surface area contributed by atoms with Crippen LogP contribution in [-0.4, -0.2) is 94.8 Å². The maximum absolute atomic E-state index is 5.92. The van der Waals surface area contributed by atoms with E-state index in [9.17, 15) is 0 Å². The first-order valence-corrected chi connectivity index (χ1v) is 40.3. The van der Waals surface area contributed by atoms with Crippen molar-refractivity contribution in [2.45, 2.75) is 90.5 Å². The van der Waals surface area contributed by atoms with Crippen LogP contribution in [0.2, 0.25) is 77.1 Å². The lowest BCUT2D eigenvalue weighted by Crippen LogP contribution is -2.22. The number of nitrogens with one attached hydrogen (secondary N) is 1. The number of alkyl halides is 1. The number of H-pyrrole nitrogens is 1. The molecule has 0 aliphatic heterocycles. The van der Waals surface area contributed by atoms with Gasteiger partial charge in [0.05, 0.1) is 0 Å². The van der Waals surface area contributed by atoms with Crippen molar-refractivity contribution in [1.29, 1.82) is 0 Å². The lowest BCUT2D eigenvalue weighted by Gasteiger charge is -2.15. The fourth-order valence-electron chi connectivity index (χ4n) is 7.11. The zero-order chi connectivity index (χ0) is 56.8. The normalized spacial score (nSPS) is 11.5. The van der Waals surface area contributed by atoms with Gasteiger partial charge in [-0.15, -0.1) is 10.2 Å². The highest BCUT2D eigenvalue weighted by molar-refractivity contribution is 9.11. The molecule has 3 heterocycles. The second-order valence-corrected chi connectivity index (χ2v) is 42.0. The van der Waals surface area contributed by atoms with E-state index in [2.05, 4.69) is 122 Å². The van der Waals surface area contributed by atoms with Gasteiger partial charge in [0.15, 0.2) is 34.9 Å². The third-order valence-corrected chi connectivity index (χ3v) is 18.6. The van der Waals surface area contributed by atoms with Gasteiger partial charge >= 0.3 is 0 Å². The van der Waals surface area contributed by atoms with E-state index in [1.807, 2.05) is 173 Å². The maximum Gasteiger partial charge on any atom is 0.181 e. The summed E-state index contributed by atoms with van der Waals surface area (Å²) in [4.78, 5) is 14.0. The molecule has 0 fully saturated rings. The number of benzene rings is 6. The summed E-state index contributed by atoms with van der Waals surface area (Å²) in [7, 11) is -3.08. The molecule has 0 aliphatic rings. The van der Waals surface area contributed by atoms with Gasteiger partial charge in [-0.1, -0.05) is 246 Å². The van der Waals surface area contributed by atoms with Gasteiger partial charge in [0.1, 0.15) is 19.5 Å². The Morgan fingerprint density at radius 3 is 1.13 bits per heavy atom. The highest BCUT2D eigenvalue weighted by Crippen LogP contribution is 2.27. The van der Waals surface area contributed by atoms with Crippen LogP contribution in [0.25, 0.3) is 68.3 Å². The highest BCUT2D eigenvalue weighted by atomic mass is 79.9. The molecule has 0 saturated heterocycles. The number of rotatable bonds is 20. The van der Waals surface area contributed by atoms with E-state index in [1.165, 1.54) is 6.04 Å². The van der Waals surface area contributed by atoms with Crippen molar-refractivity contribution in [2.24, 2.45) is 0 Å². The van der Waals surface area contributed by atoms with Crippen molar-refractivity contribution in [3.8, 4) is 68.3 Å². The summed E-state index contributed by atoms with van der Waals surface area (Å²) in [5, 5.41) is 16.6. The van der Waals surface area contributed by atoms with Crippen molar-refractivity contribution >= 4 is 83.6 Å². The molecule has 1 N–H and O–H groups in total. The summed E-state index contributed by atoms with van der Waals surface area (Å²) >= 11 is 15.7. The van der Waals surface area contributed by atoms with Gasteiger partial charge in [0, 0.05) is 90.8 Å². The molecular formula is C60H73Br3ClN9O3Si3. The van der Waals surface area contributed by atoms with E-state index in [0.29, 0.717) is 31.2 Å². The zero-order valence-electron chi connectivity index (χ0n) is 46.8. The average Bonchev–Trinajstić information content (AvgIpc) is 4.26. The van der Waals surface area contributed by atoms with Crippen LogP contribution in [0, 0.1) is 0 Å². The Morgan fingerprint density at radius 2 is 0.734 bits per heavy atom. The highest BCUT2D eigenvalue weighted by Gasteiger charge is 2.18. The largest absolute Gasteiger partial charge is 0.366 e. The van der Waals surface area contributed by atoms with Gasteiger partial charge < -0.3 is 14.2 Å². The average molecular weight is 1330 g/mol. The SMILES string of the molecule is Brc1ccc(-c2nc(-c3ccccc3)n[nH]2)cc1.C[Si](C)(C)CCOCCl.C[Si](C)(C)CCOCn1nc(-c2ccc(Br)cc2)nc1-c1ccccc1.C[Si](C)(C)CCOCn1nc(-c2ccccc2)nc1-c1ccc(Br)cc1. The van der Waals surface area contributed by atoms with Gasteiger partial charge in [-0.3, -0.25) is 5.10 Å².